The summed E-state index contributed by atoms with van der Waals surface area (Å²) >= 11 is 6.12. The van der Waals surface area contributed by atoms with E-state index in [1.807, 2.05) is 42.5 Å². The Morgan fingerprint density at radius 2 is 1.30 bits per heavy atom. The maximum atomic E-state index is 14.3. The summed E-state index contributed by atoms with van der Waals surface area (Å²) in [6, 6.07) is 18.9. The standard InChI is InChI=1S/C18H10ClF/c19-11-8-9-15-16(10-11)13-5-2-1-4-12(13)14-6-3-7-17(20)18(14)15/h1-10H. The minimum absolute atomic E-state index is 0.194. The molecule has 4 rings (SSSR count). The van der Waals surface area contributed by atoms with Crippen molar-refractivity contribution < 1.29 is 4.39 Å². The van der Waals surface area contributed by atoms with Gasteiger partial charge in [0.15, 0.2) is 0 Å². The molecule has 4 aromatic rings. The Morgan fingerprint density at radius 3 is 2.10 bits per heavy atom. The van der Waals surface area contributed by atoms with E-state index in [4.69, 9.17) is 11.6 Å². The SMILES string of the molecule is Fc1cccc2c3ccccc3c3cc(Cl)ccc3c12. The van der Waals surface area contributed by atoms with E-state index < -0.39 is 0 Å². The molecule has 0 atom stereocenters. The van der Waals surface area contributed by atoms with E-state index in [0.717, 1.165) is 26.9 Å². The van der Waals surface area contributed by atoms with Crippen LogP contribution in [0.2, 0.25) is 5.02 Å². The number of rotatable bonds is 0. The van der Waals surface area contributed by atoms with Gasteiger partial charge in [-0.1, -0.05) is 54.1 Å². The molecule has 4 aromatic carbocycles. The van der Waals surface area contributed by atoms with Crippen molar-refractivity contribution in [1.29, 1.82) is 0 Å². The molecule has 20 heavy (non-hydrogen) atoms. The highest BCUT2D eigenvalue weighted by Crippen LogP contribution is 2.37. The zero-order valence-corrected chi connectivity index (χ0v) is 11.3. The number of halogens is 2. The summed E-state index contributed by atoms with van der Waals surface area (Å²) in [5.41, 5.74) is 0. The molecule has 0 heterocycles. The highest BCUT2D eigenvalue weighted by molar-refractivity contribution is 6.33. The minimum atomic E-state index is -0.194. The van der Waals surface area contributed by atoms with Gasteiger partial charge in [-0.25, -0.2) is 4.39 Å². The van der Waals surface area contributed by atoms with Crippen molar-refractivity contribution in [3.05, 3.63) is 71.5 Å². The third-order valence-corrected chi connectivity index (χ3v) is 4.01. The first kappa shape index (κ1) is 11.7. The van der Waals surface area contributed by atoms with Gasteiger partial charge in [-0.05, 0) is 45.1 Å². The van der Waals surface area contributed by atoms with Crippen molar-refractivity contribution in [1.82, 2.24) is 0 Å². The van der Waals surface area contributed by atoms with Gasteiger partial charge in [0.25, 0.3) is 0 Å². The van der Waals surface area contributed by atoms with E-state index >= 15 is 0 Å². The average Bonchev–Trinajstić information content (AvgIpc) is 2.47. The summed E-state index contributed by atoms with van der Waals surface area (Å²) in [4.78, 5) is 0. The number of benzene rings is 4. The molecule has 96 valence electrons. The molecule has 0 aliphatic heterocycles. The van der Waals surface area contributed by atoms with E-state index in [9.17, 15) is 4.39 Å². The predicted molar refractivity (Wildman–Crippen MR) is 83.9 cm³/mol. The first-order valence-corrected chi connectivity index (χ1v) is 6.82. The minimum Gasteiger partial charge on any atom is -0.206 e. The Kier molecular flexibility index (Phi) is 2.45. The van der Waals surface area contributed by atoms with Crippen molar-refractivity contribution in [2.24, 2.45) is 0 Å². The van der Waals surface area contributed by atoms with Crippen molar-refractivity contribution in [2.45, 2.75) is 0 Å². The molecule has 0 nitrogen and oxygen atoms in total. The van der Waals surface area contributed by atoms with Crippen molar-refractivity contribution in [2.75, 3.05) is 0 Å². The largest absolute Gasteiger partial charge is 0.206 e. The molecule has 0 bridgehead atoms. The molecule has 0 fully saturated rings. The molecule has 0 amide bonds. The number of fused-ring (bicyclic) bond motifs is 6. The molecular formula is C18H10ClF. The first-order valence-electron chi connectivity index (χ1n) is 6.44. The van der Waals surface area contributed by atoms with Crippen LogP contribution < -0.4 is 0 Å². The lowest BCUT2D eigenvalue weighted by atomic mass is 9.94. The Bertz CT molecular complexity index is 958. The van der Waals surface area contributed by atoms with Gasteiger partial charge in [0.1, 0.15) is 5.82 Å². The number of hydrogen-bond acceptors (Lipinski definition) is 0. The molecule has 0 aromatic heterocycles. The van der Waals surface area contributed by atoms with Crippen LogP contribution in [0.5, 0.6) is 0 Å². The average molecular weight is 281 g/mol. The molecule has 0 radical (unpaired) electrons. The fourth-order valence-corrected chi connectivity index (χ4v) is 3.10. The van der Waals surface area contributed by atoms with Crippen LogP contribution in [0.15, 0.2) is 60.7 Å². The number of hydrogen-bond donors (Lipinski definition) is 0. The lowest BCUT2D eigenvalue weighted by molar-refractivity contribution is 0.641. The second-order valence-electron chi connectivity index (χ2n) is 4.90. The van der Waals surface area contributed by atoms with Crippen molar-refractivity contribution in [3.63, 3.8) is 0 Å². The quantitative estimate of drug-likeness (QED) is 0.350. The van der Waals surface area contributed by atoms with E-state index in [0.29, 0.717) is 10.4 Å². The van der Waals surface area contributed by atoms with Gasteiger partial charge >= 0.3 is 0 Å². The molecular weight excluding hydrogens is 271 g/mol. The fraction of sp³-hybridized carbons (Fsp3) is 0. The van der Waals surface area contributed by atoms with Crippen LogP contribution in [0.3, 0.4) is 0 Å². The van der Waals surface area contributed by atoms with Crippen LogP contribution in [0.1, 0.15) is 0 Å². The van der Waals surface area contributed by atoms with Crippen LogP contribution in [0, 0.1) is 5.82 Å². The third kappa shape index (κ3) is 1.53. The summed E-state index contributed by atoms with van der Waals surface area (Å²) < 4.78 is 14.3. The Labute approximate surface area is 120 Å². The zero-order chi connectivity index (χ0) is 13.7. The van der Waals surface area contributed by atoms with Crippen molar-refractivity contribution >= 4 is 43.9 Å². The van der Waals surface area contributed by atoms with Crippen LogP contribution in [-0.2, 0) is 0 Å². The highest BCUT2D eigenvalue weighted by atomic mass is 35.5. The monoisotopic (exact) mass is 280 g/mol. The van der Waals surface area contributed by atoms with Crippen LogP contribution in [-0.4, -0.2) is 0 Å². The second kappa shape index (κ2) is 4.19. The van der Waals surface area contributed by atoms with Crippen molar-refractivity contribution in [3.8, 4) is 0 Å². The topological polar surface area (TPSA) is 0 Å². The molecule has 2 heteroatoms. The first-order chi connectivity index (χ1) is 9.75. The summed E-state index contributed by atoms with van der Waals surface area (Å²) in [6.45, 7) is 0. The van der Waals surface area contributed by atoms with E-state index in [2.05, 4.69) is 6.07 Å². The predicted octanol–water partition coefficient (Wildman–Crippen LogP) is 5.94. The Morgan fingerprint density at radius 1 is 0.650 bits per heavy atom. The molecule has 0 N–H and O–H groups in total. The summed E-state index contributed by atoms with van der Waals surface area (Å²) in [5, 5.41) is 6.32. The second-order valence-corrected chi connectivity index (χ2v) is 5.33. The normalized spacial score (nSPS) is 11.5. The highest BCUT2D eigenvalue weighted by Gasteiger charge is 2.11. The molecule has 0 unspecified atom stereocenters. The smallest absolute Gasteiger partial charge is 0.131 e. The van der Waals surface area contributed by atoms with Gasteiger partial charge in [0, 0.05) is 10.4 Å². The van der Waals surface area contributed by atoms with Gasteiger partial charge in [-0.2, -0.15) is 0 Å². The summed E-state index contributed by atoms with van der Waals surface area (Å²) in [5.74, 6) is -0.194. The molecule has 0 saturated carbocycles. The molecule has 0 aliphatic rings. The van der Waals surface area contributed by atoms with E-state index in [1.165, 1.54) is 6.07 Å². The lowest BCUT2D eigenvalue weighted by Crippen LogP contribution is -1.86. The van der Waals surface area contributed by atoms with Crippen LogP contribution in [0.4, 0.5) is 4.39 Å². The molecule has 0 spiro atoms. The van der Waals surface area contributed by atoms with Gasteiger partial charge in [-0.3, -0.25) is 0 Å². The Balaban J connectivity index is 2.45. The lowest BCUT2D eigenvalue weighted by Gasteiger charge is -2.11. The van der Waals surface area contributed by atoms with Gasteiger partial charge in [-0.15, -0.1) is 0 Å². The van der Waals surface area contributed by atoms with Gasteiger partial charge < -0.3 is 0 Å². The van der Waals surface area contributed by atoms with Gasteiger partial charge in [0.05, 0.1) is 0 Å². The van der Waals surface area contributed by atoms with Gasteiger partial charge in [0.2, 0.25) is 0 Å². The maximum Gasteiger partial charge on any atom is 0.131 e. The Hall–Kier alpha value is -2.12. The van der Waals surface area contributed by atoms with E-state index in [1.54, 1.807) is 6.07 Å². The van der Waals surface area contributed by atoms with E-state index in [-0.39, 0.29) is 5.82 Å². The fourth-order valence-electron chi connectivity index (χ4n) is 2.93. The summed E-state index contributed by atoms with van der Waals surface area (Å²) in [7, 11) is 0. The third-order valence-electron chi connectivity index (χ3n) is 3.77. The maximum absolute atomic E-state index is 14.3. The zero-order valence-electron chi connectivity index (χ0n) is 10.5. The molecule has 0 saturated heterocycles. The van der Waals surface area contributed by atoms with Crippen LogP contribution in [0.25, 0.3) is 32.3 Å². The van der Waals surface area contributed by atoms with Crippen LogP contribution >= 0.6 is 11.6 Å². The summed E-state index contributed by atoms with van der Waals surface area (Å²) in [6.07, 6.45) is 0. The molecule has 0 aliphatic carbocycles.